The molecule has 0 bridgehead atoms. The zero-order valence-corrected chi connectivity index (χ0v) is 13.4. The minimum Gasteiger partial charge on any atom is -0.378 e. The predicted molar refractivity (Wildman–Crippen MR) is 87.3 cm³/mol. The van der Waals surface area contributed by atoms with Gasteiger partial charge in [0, 0.05) is 25.8 Å². The lowest BCUT2D eigenvalue weighted by molar-refractivity contribution is 0.728. The van der Waals surface area contributed by atoms with E-state index < -0.39 is 0 Å². The van der Waals surface area contributed by atoms with Gasteiger partial charge in [0.25, 0.3) is 0 Å². The average molecular weight is 355 g/mol. The molecule has 98 valence electrons. The van der Waals surface area contributed by atoms with Crippen molar-refractivity contribution in [3.05, 3.63) is 57.5 Å². The van der Waals surface area contributed by atoms with E-state index in [2.05, 4.69) is 45.5 Å². The zero-order valence-electron chi connectivity index (χ0n) is 10.2. The van der Waals surface area contributed by atoms with Crippen LogP contribution in [-0.4, -0.2) is 5.75 Å². The third kappa shape index (κ3) is 3.10. The topological polar surface area (TPSA) is 12.0 Å². The van der Waals surface area contributed by atoms with Crippen molar-refractivity contribution >= 4 is 45.0 Å². The Hall–Kier alpha value is -0.640. The van der Waals surface area contributed by atoms with Crippen LogP contribution in [0.25, 0.3) is 0 Å². The van der Waals surface area contributed by atoms with Gasteiger partial charge in [-0.3, -0.25) is 0 Å². The van der Waals surface area contributed by atoms with Crippen LogP contribution >= 0.6 is 39.3 Å². The number of nitrogens with one attached hydrogen (secondary N) is 1. The van der Waals surface area contributed by atoms with E-state index in [9.17, 15) is 0 Å². The van der Waals surface area contributed by atoms with Crippen LogP contribution in [0.1, 0.15) is 18.0 Å². The Bertz CT molecular complexity index is 602. The van der Waals surface area contributed by atoms with Gasteiger partial charge in [-0.1, -0.05) is 33.6 Å². The summed E-state index contributed by atoms with van der Waals surface area (Å²) in [6.07, 6.45) is 1.12. The van der Waals surface area contributed by atoms with Gasteiger partial charge in [-0.05, 0) is 48.4 Å². The molecule has 3 rings (SSSR count). The summed E-state index contributed by atoms with van der Waals surface area (Å²) < 4.78 is 1.09. The van der Waals surface area contributed by atoms with E-state index in [0.717, 1.165) is 27.4 Å². The van der Waals surface area contributed by atoms with Gasteiger partial charge in [0.15, 0.2) is 0 Å². The highest BCUT2D eigenvalue weighted by Gasteiger charge is 2.20. The number of anilines is 1. The SMILES string of the molecule is Clc1ccc2c(c1)C(Nc1cccc(Br)c1)CCS2. The van der Waals surface area contributed by atoms with Crippen LogP contribution in [0, 0.1) is 0 Å². The maximum Gasteiger partial charge on any atom is 0.0533 e. The number of fused-ring (bicyclic) bond motifs is 1. The molecule has 0 amide bonds. The summed E-state index contributed by atoms with van der Waals surface area (Å²) in [5.41, 5.74) is 2.45. The molecule has 2 aromatic rings. The fourth-order valence-corrected chi connectivity index (χ4v) is 3.98. The van der Waals surface area contributed by atoms with E-state index in [1.165, 1.54) is 10.5 Å². The van der Waals surface area contributed by atoms with E-state index in [1.807, 2.05) is 30.0 Å². The minimum atomic E-state index is 0.337. The molecule has 1 aliphatic heterocycles. The second-order valence-electron chi connectivity index (χ2n) is 4.53. The van der Waals surface area contributed by atoms with Crippen LogP contribution in [-0.2, 0) is 0 Å². The third-order valence-corrected chi connectivity index (χ3v) is 5.03. The summed E-state index contributed by atoms with van der Waals surface area (Å²) in [5, 5.41) is 4.41. The van der Waals surface area contributed by atoms with Crippen molar-refractivity contribution in [2.75, 3.05) is 11.1 Å². The first-order chi connectivity index (χ1) is 9.22. The number of thioether (sulfide) groups is 1. The summed E-state index contributed by atoms with van der Waals surface area (Å²) in [6, 6.07) is 14.8. The lowest BCUT2D eigenvalue weighted by atomic mass is 10.0. The summed E-state index contributed by atoms with van der Waals surface area (Å²) in [4.78, 5) is 1.34. The second-order valence-corrected chi connectivity index (χ2v) is 7.02. The molecule has 0 radical (unpaired) electrons. The fourth-order valence-electron chi connectivity index (χ4n) is 2.29. The number of benzene rings is 2. The molecule has 0 aromatic heterocycles. The van der Waals surface area contributed by atoms with Gasteiger partial charge in [-0.25, -0.2) is 0 Å². The van der Waals surface area contributed by atoms with Gasteiger partial charge in [0.2, 0.25) is 0 Å². The van der Waals surface area contributed by atoms with Gasteiger partial charge < -0.3 is 5.32 Å². The lowest BCUT2D eigenvalue weighted by Crippen LogP contribution is -2.16. The Morgan fingerprint density at radius 3 is 2.95 bits per heavy atom. The molecule has 1 heterocycles. The van der Waals surface area contributed by atoms with E-state index >= 15 is 0 Å². The Kier molecular flexibility index (Phi) is 4.06. The lowest BCUT2D eigenvalue weighted by Gasteiger charge is -2.27. The monoisotopic (exact) mass is 353 g/mol. The minimum absolute atomic E-state index is 0.337. The maximum absolute atomic E-state index is 6.13. The van der Waals surface area contributed by atoms with Gasteiger partial charge in [0.1, 0.15) is 0 Å². The highest BCUT2D eigenvalue weighted by Crippen LogP contribution is 2.39. The van der Waals surface area contributed by atoms with Gasteiger partial charge >= 0.3 is 0 Å². The van der Waals surface area contributed by atoms with Crippen LogP contribution < -0.4 is 5.32 Å². The smallest absolute Gasteiger partial charge is 0.0533 e. The first-order valence-corrected chi connectivity index (χ1v) is 8.32. The second kappa shape index (κ2) is 5.78. The molecular weight excluding hydrogens is 342 g/mol. The Morgan fingerprint density at radius 2 is 2.11 bits per heavy atom. The number of halogens is 2. The Morgan fingerprint density at radius 1 is 1.21 bits per heavy atom. The standard InChI is InChI=1S/C15H13BrClNS/c16-10-2-1-3-12(8-10)18-14-6-7-19-15-5-4-11(17)9-13(14)15/h1-5,8-9,14,18H,6-7H2. The van der Waals surface area contributed by atoms with Crippen LogP contribution in [0.4, 0.5) is 5.69 Å². The van der Waals surface area contributed by atoms with E-state index in [0.29, 0.717) is 6.04 Å². The summed E-state index contributed by atoms with van der Waals surface area (Å²) in [7, 11) is 0. The van der Waals surface area contributed by atoms with Crippen molar-refractivity contribution in [2.24, 2.45) is 0 Å². The van der Waals surface area contributed by atoms with Crippen molar-refractivity contribution in [2.45, 2.75) is 17.4 Å². The third-order valence-electron chi connectivity index (χ3n) is 3.18. The molecule has 1 nitrogen and oxygen atoms in total. The highest BCUT2D eigenvalue weighted by atomic mass is 79.9. The van der Waals surface area contributed by atoms with Crippen molar-refractivity contribution in [3.63, 3.8) is 0 Å². The Labute approximate surface area is 130 Å². The zero-order chi connectivity index (χ0) is 13.2. The van der Waals surface area contributed by atoms with Crippen LogP contribution in [0.15, 0.2) is 51.8 Å². The highest BCUT2D eigenvalue weighted by molar-refractivity contribution is 9.10. The summed E-state index contributed by atoms with van der Waals surface area (Å²) >= 11 is 11.5. The first-order valence-electron chi connectivity index (χ1n) is 6.17. The molecule has 0 saturated carbocycles. The largest absolute Gasteiger partial charge is 0.378 e. The van der Waals surface area contributed by atoms with E-state index in [1.54, 1.807) is 0 Å². The van der Waals surface area contributed by atoms with Crippen LogP contribution in [0.5, 0.6) is 0 Å². The van der Waals surface area contributed by atoms with Gasteiger partial charge in [-0.2, -0.15) is 0 Å². The molecule has 1 unspecified atom stereocenters. The van der Waals surface area contributed by atoms with Gasteiger partial charge in [0.05, 0.1) is 6.04 Å². The molecule has 19 heavy (non-hydrogen) atoms. The molecule has 0 aliphatic carbocycles. The molecule has 1 atom stereocenters. The molecular formula is C15H13BrClNS. The maximum atomic E-state index is 6.13. The molecule has 0 saturated heterocycles. The fraction of sp³-hybridized carbons (Fsp3) is 0.200. The van der Waals surface area contributed by atoms with Gasteiger partial charge in [-0.15, -0.1) is 11.8 Å². The average Bonchev–Trinajstić information content (AvgIpc) is 2.39. The molecule has 4 heteroatoms. The Balaban J connectivity index is 1.89. The first kappa shape index (κ1) is 13.3. The van der Waals surface area contributed by atoms with E-state index in [-0.39, 0.29) is 0 Å². The molecule has 0 fully saturated rings. The summed E-state index contributed by atoms with van der Waals surface area (Å²) in [6.45, 7) is 0. The van der Waals surface area contributed by atoms with Crippen molar-refractivity contribution < 1.29 is 0 Å². The predicted octanol–water partition coefficient (Wildman–Crippen LogP) is 5.75. The molecule has 1 N–H and O–H groups in total. The van der Waals surface area contributed by atoms with E-state index in [4.69, 9.17) is 11.6 Å². The number of hydrogen-bond acceptors (Lipinski definition) is 2. The molecule has 1 aliphatic rings. The van der Waals surface area contributed by atoms with Crippen LogP contribution in [0.3, 0.4) is 0 Å². The number of rotatable bonds is 2. The van der Waals surface area contributed by atoms with Crippen molar-refractivity contribution in [3.8, 4) is 0 Å². The quantitative estimate of drug-likeness (QED) is 0.736. The molecule has 0 spiro atoms. The molecule has 2 aromatic carbocycles. The van der Waals surface area contributed by atoms with Crippen LogP contribution in [0.2, 0.25) is 5.02 Å². The summed E-state index contributed by atoms with van der Waals surface area (Å²) in [5.74, 6) is 1.14. The van der Waals surface area contributed by atoms with Crippen molar-refractivity contribution in [1.82, 2.24) is 0 Å². The number of hydrogen-bond donors (Lipinski definition) is 1. The normalized spacial score (nSPS) is 17.9. The van der Waals surface area contributed by atoms with Crippen molar-refractivity contribution in [1.29, 1.82) is 0 Å².